The van der Waals surface area contributed by atoms with Crippen molar-refractivity contribution in [3.05, 3.63) is 72.3 Å². The van der Waals surface area contributed by atoms with E-state index in [0.29, 0.717) is 11.7 Å². The van der Waals surface area contributed by atoms with Crippen LogP contribution in [0.1, 0.15) is 28.9 Å². The Kier molecular flexibility index (Phi) is 7.53. The van der Waals surface area contributed by atoms with Crippen molar-refractivity contribution < 1.29 is 13.2 Å². The van der Waals surface area contributed by atoms with E-state index in [1.165, 1.54) is 18.5 Å². The highest BCUT2D eigenvalue weighted by Crippen LogP contribution is 2.25. The van der Waals surface area contributed by atoms with E-state index >= 15 is 0 Å². The fraction of sp³-hybridized carbons (Fsp3) is 0.321. The molecule has 1 amide bonds. The quantitative estimate of drug-likeness (QED) is 0.374. The summed E-state index contributed by atoms with van der Waals surface area (Å²) in [7, 11) is 0.801. The molecule has 0 radical (unpaired) electrons. The Hall–Kier alpha value is -3.96. The fourth-order valence-electron chi connectivity index (χ4n) is 4.65. The van der Waals surface area contributed by atoms with Crippen molar-refractivity contribution in [2.45, 2.75) is 30.3 Å². The van der Waals surface area contributed by atoms with Gasteiger partial charge in [0.15, 0.2) is 9.84 Å². The zero-order valence-corrected chi connectivity index (χ0v) is 23.0. The standard InChI is InChI=1S/C28H31N7O3S/c1-34-11-9-22(10-12-34)35(2)27-6-4-5-24(33-27)25-8-7-19-16-30-21(14-26(19)32-25)17-31-28(36)20-13-23(18-29-15-20)39(3,37)38/h4-8,13-16,18,22H,9-12,17H2,1-3H3,(H,31,36). The van der Waals surface area contributed by atoms with Gasteiger partial charge >= 0.3 is 0 Å². The lowest BCUT2D eigenvalue weighted by atomic mass is 10.0. The number of pyridine rings is 4. The summed E-state index contributed by atoms with van der Waals surface area (Å²) in [6.45, 7) is 2.32. The summed E-state index contributed by atoms with van der Waals surface area (Å²) in [5.41, 5.74) is 3.07. The van der Waals surface area contributed by atoms with Crippen LogP contribution in [0.3, 0.4) is 0 Å². The Morgan fingerprint density at radius 2 is 1.82 bits per heavy atom. The van der Waals surface area contributed by atoms with Gasteiger partial charge < -0.3 is 15.1 Å². The summed E-state index contributed by atoms with van der Waals surface area (Å²) in [4.78, 5) is 35.3. The van der Waals surface area contributed by atoms with E-state index in [4.69, 9.17) is 9.97 Å². The third-order valence-corrected chi connectivity index (χ3v) is 8.14. The van der Waals surface area contributed by atoms with Gasteiger partial charge in [0.1, 0.15) is 5.82 Å². The highest BCUT2D eigenvalue weighted by atomic mass is 32.2. The van der Waals surface area contributed by atoms with Gasteiger partial charge in [-0.3, -0.25) is 14.8 Å². The first-order chi connectivity index (χ1) is 18.7. The van der Waals surface area contributed by atoms with Crippen molar-refractivity contribution in [1.29, 1.82) is 0 Å². The third-order valence-electron chi connectivity index (χ3n) is 7.06. The molecule has 4 aromatic rings. The molecule has 4 aromatic heterocycles. The number of fused-ring (bicyclic) bond motifs is 1. The highest BCUT2D eigenvalue weighted by molar-refractivity contribution is 7.90. The molecule has 5 rings (SSSR count). The largest absolute Gasteiger partial charge is 0.357 e. The number of carbonyl (C=O) groups excluding carboxylic acids is 1. The van der Waals surface area contributed by atoms with Gasteiger partial charge in [-0.2, -0.15) is 0 Å². The Balaban J connectivity index is 1.32. The predicted octanol–water partition coefficient (Wildman–Crippen LogP) is 2.95. The maximum absolute atomic E-state index is 12.6. The molecule has 1 aliphatic heterocycles. The molecule has 1 aliphatic rings. The van der Waals surface area contributed by atoms with Gasteiger partial charge in [-0.25, -0.2) is 18.4 Å². The molecule has 0 aliphatic carbocycles. The lowest BCUT2D eigenvalue weighted by molar-refractivity contribution is 0.0950. The number of piperidine rings is 1. The van der Waals surface area contributed by atoms with Crippen LogP contribution >= 0.6 is 0 Å². The van der Waals surface area contributed by atoms with Crippen LogP contribution in [-0.4, -0.2) is 78.6 Å². The molecule has 39 heavy (non-hydrogen) atoms. The van der Waals surface area contributed by atoms with E-state index in [9.17, 15) is 13.2 Å². The molecule has 11 heteroatoms. The Morgan fingerprint density at radius 1 is 1.05 bits per heavy atom. The maximum Gasteiger partial charge on any atom is 0.253 e. The molecule has 10 nitrogen and oxygen atoms in total. The molecule has 5 heterocycles. The number of anilines is 1. The van der Waals surface area contributed by atoms with Gasteiger partial charge in [0, 0.05) is 43.3 Å². The Bertz CT molecular complexity index is 1620. The lowest BCUT2D eigenvalue weighted by Crippen LogP contribution is -2.42. The van der Waals surface area contributed by atoms with Crippen LogP contribution in [0.4, 0.5) is 5.82 Å². The van der Waals surface area contributed by atoms with Crippen LogP contribution in [0.25, 0.3) is 22.3 Å². The second-order valence-corrected chi connectivity index (χ2v) is 12.0. The van der Waals surface area contributed by atoms with Crippen LogP contribution in [0.2, 0.25) is 0 Å². The molecule has 0 aromatic carbocycles. The maximum atomic E-state index is 12.6. The summed E-state index contributed by atoms with van der Waals surface area (Å²) >= 11 is 0. The van der Waals surface area contributed by atoms with Gasteiger partial charge in [0.25, 0.3) is 5.91 Å². The summed E-state index contributed by atoms with van der Waals surface area (Å²) in [6, 6.07) is 13.5. The number of aromatic nitrogens is 4. The Labute approximate surface area is 228 Å². The third kappa shape index (κ3) is 6.21. The van der Waals surface area contributed by atoms with Crippen molar-refractivity contribution >= 4 is 32.5 Å². The monoisotopic (exact) mass is 545 g/mol. The minimum atomic E-state index is -3.47. The average Bonchev–Trinajstić information content (AvgIpc) is 2.95. The molecule has 0 saturated carbocycles. The minimum absolute atomic E-state index is 0.00840. The van der Waals surface area contributed by atoms with E-state index in [-0.39, 0.29) is 17.0 Å². The number of likely N-dealkylation sites (tertiary alicyclic amines) is 1. The first-order valence-electron chi connectivity index (χ1n) is 12.8. The molecule has 1 N–H and O–H groups in total. The van der Waals surface area contributed by atoms with Gasteiger partial charge in [-0.15, -0.1) is 0 Å². The number of carbonyl (C=O) groups is 1. The van der Waals surface area contributed by atoms with E-state index in [1.807, 2.05) is 36.4 Å². The molecule has 0 atom stereocenters. The van der Waals surface area contributed by atoms with Crippen molar-refractivity contribution in [1.82, 2.24) is 30.2 Å². The average molecular weight is 546 g/mol. The smallest absolute Gasteiger partial charge is 0.253 e. The zero-order valence-electron chi connectivity index (χ0n) is 22.2. The normalized spacial score (nSPS) is 14.8. The van der Waals surface area contributed by atoms with Gasteiger partial charge in [-0.1, -0.05) is 6.07 Å². The summed E-state index contributed by atoms with van der Waals surface area (Å²) < 4.78 is 23.6. The van der Waals surface area contributed by atoms with E-state index in [1.54, 1.807) is 6.20 Å². The second kappa shape index (κ2) is 11.0. The number of rotatable bonds is 7. The molecule has 0 bridgehead atoms. The second-order valence-electron chi connectivity index (χ2n) is 9.96. The van der Waals surface area contributed by atoms with Crippen LogP contribution in [0.15, 0.2) is 66.0 Å². The predicted molar refractivity (Wildman–Crippen MR) is 150 cm³/mol. The van der Waals surface area contributed by atoms with Crippen LogP contribution in [-0.2, 0) is 16.4 Å². The van der Waals surface area contributed by atoms with Crippen LogP contribution in [0.5, 0.6) is 0 Å². The van der Waals surface area contributed by atoms with Crippen molar-refractivity contribution in [2.75, 3.05) is 38.3 Å². The summed E-state index contributed by atoms with van der Waals surface area (Å²) in [6.07, 6.45) is 7.56. The molecule has 0 unspecified atom stereocenters. The summed E-state index contributed by atoms with van der Waals surface area (Å²) in [5.74, 6) is 0.489. The van der Waals surface area contributed by atoms with E-state index in [2.05, 4.69) is 39.2 Å². The van der Waals surface area contributed by atoms with Gasteiger partial charge in [0.05, 0.1) is 39.6 Å². The topological polar surface area (TPSA) is 121 Å². The van der Waals surface area contributed by atoms with Crippen molar-refractivity contribution in [3.8, 4) is 11.4 Å². The summed E-state index contributed by atoms with van der Waals surface area (Å²) in [5, 5.41) is 3.65. The molecular weight excluding hydrogens is 514 g/mol. The first kappa shape index (κ1) is 26.6. The SMILES string of the molecule is CN1CCC(N(C)c2cccc(-c3ccc4cnc(CNC(=O)c5cncc(S(C)(=O)=O)c5)cc4n3)n2)CC1. The van der Waals surface area contributed by atoms with E-state index < -0.39 is 15.7 Å². The van der Waals surface area contributed by atoms with Crippen LogP contribution in [0, 0.1) is 0 Å². The minimum Gasteiger partial charge on any atom is -0.357 e. The molecular formula is C28H31N7O3S. The van der Waals surface area contributed by atoms with Crippen molar-refractivity contribution in [2.24, 2.45) is 0 Å². The number of sulfone groups is 1. The molecule has 1 fully saturated rings. The number of nitrogens with zero attached hydrogens (tertiary/aromatic N) is 6. The fourth-order valence-corrected chi connectivity index (χ4v) is 5.24. The van der Waals surface area contributed by atoms with Gasteiger partial charge in [-0.05, 0) is 69.4 Å². The molecule has 202 valence electrons. The number of amides is 1. The molecule has 0 spiro atoms. The number of hydrogen-bond acceptors (Lipinski definition) is 9. The van der Waals surface area contributed by atoms with Gasteiger partial charge in [0.2, 0.25) is 0 Å². The molecule has 1 saturated heterocycles. The number of nitrogens with one attached hydrogen (secondary N) is 1. The first-order valence-corrected chi connectivity index (χ1v) is 14.6. The number of hydrogen-bond donors (Lipinski definition) is 1. The lowest BCUT2D eigenvalue weighted by Gasteiger charge is -2.35. The van der Waals surface area contributed by atoms with Crippen molar-refractivity contribution in [3.63, 3.8) is 0 Å². The highest BCUT2D eigenvalue weighted by Gasteiger charge is 2.22. The van der Waals surface area contributed by atoms with Crippen LogP contribution < -0.4 is 10.2 Å². The Morgan fingerprint density at radius 3 is 2.59 bits per heavy atom. The zero-order chi connectivity index (χ0) is 27.6. The van der Waals surface area contributed by atoms with E-state index in [0.717, 1.165) is 60.3 Å².